The maximum Gasteiger partial charge on any atom is 0.416 e. The van der Waals surface area contributed by atoms with E-state index in [9.17, 15) is 36.5 Å². The van der Waals surface area contributed by atoms with Crippen molar-refractivity contribution in [3.05, 3.63) is 69.8 Å². The predicted molar refractivity (Wildman–Crippen MR) is 103 cm³/mol. The molecule has 0 heterocycles. The molecule has 0 fully saturated rings. The molecule has 2 aromatic carbocycles. The van der Waals surface area contributed by atoms with Gasteiger partial charge in [0.15, 0.2) is 0 Å². The largest absolute Gasteiger partial charge is 0.416 e. The standard InChI is InChI=1S/C18H18F3N3O5S/c1-12(17(25)22-11-13-5-3-6-14(9-13)18(19,20)21)23(30(2,28)29)15-7-4-8-16(10-15)24(26)27/h3-10,12H,11H2,1-2H3,(H,22,25)/t12-/m1/s1. The molecule has 12 heteroatoms. The van der Waals surface area contributed by atoms with Gasteiger partial charge in [-0.3, -0.25) is 19.2 Å². The van der Waals surface area contributed by atoms with Gasteiger partial charge < -0.3 is 5.32 Å². The Kier molecular flexibility index (Phi) is 6.70. The summed E-state index contributed by atoms with van der Waals surface area (Å²) >= 11 is 0. The summed E-state index contributed by atoms with van der Waals surface area (Å²) in [6.07, 6.45) is -3.70. The van der Waals surface area contributed by atoms with E-state index in [2.05, 4.69) is 5.32 Å². The molecule has 2 rings (SSSR count). The average Bonchev–Trinajstić information content (AvgIpc) is 2.64. The van der Waals surface area contributed by atoms with Crippen molar-refractivity contribution >= 4 is 27.3 Å². The van der Waals surface area contributed by atoms with E-state index in [4.69, 9.17) is 0 Å². The molecular weight excluding hydrogens is 427 g/mol. The number of nitro benzene ring substituents is 1. The van der Waals surface area contributed by atoms with Crippen LogP contribution in [-0.2, 0) is 27.5 Å². The topological polar surface area (TPSA) is 110 Å². The van der Waals surface area contributed by atoms with Crippen LogP contribution in [0.1, 0.15) is 18.1 Å². The number of amides is 1. The Labute approximate surface area is 170 Å². The molecule has 1 atom stereocenters. The molecule has 1 N–H and O–H groups in total. The first-order valence-electron chi connectivity index (χ1n) is 8.48. The van der Waals surface area contributed by atoms with Crippen LogP contribution in [0.2, 0.25) is 0 Å². The van der Waals surface area contributed by atoms with Gasteiger partial charge in [-0.05, 0) is 30.7 Å². The van der Waals surface area contributed by atoms with Gasteiger partial charge in [-0.25, -0.2) is 8.42 Å². The Morgan fingerprint density at radius 1 is 1.20 bits per heavy atom. The number of nitrogens with one attached hydrogen (secondary N) is 1. The number of carbonyl (C=O) groups excluding carboxylic acids is 1. The Balaban J connectivity index is 2.23. The highest BCUT2D eigenvalue weighted by molar-refractivity contribution is 7.92. The number of rotatable bonds is 7. The minimum Gasteiger partial charge on any atom is -0.350 e. The molecular formula is C18H18F3N3O5S. The minimum absolute atomic E-state index is 0.0894. The summed E-state index contributed by atoms with van der Waals surface area (Å²) < 4.78 is 63.6. The van der Waals surface area contributed by atoms with Gasteiger partial charge in [0.1, 0.15) is 6.04 Å². The summed E-state index contributed by atoms with van der Waals surface area (Å²) in [5.41, 5.74) is -1.16. The lowest BCUT2D eigenvalue weighted by molar-refractivity contribution is -0.384. The average molecular weight is 445 g/mol. The lowest BCUT2D eigenvalue weighted by atomic mass is 10.1. The van der Waals surface area contributed by atoms with Crippen molar-refractivity contribution in [1.29, 1.82) is 0 Å². The summed E-state index contributed by atoms with van der Waals surface area (Å²) in [6.45, 7) is 1.00. The molecule has 30 heavy (non-hydrogen) atoms. The number of alkyl halides is 3. The van der Waals surface area contributed by atoms with Crippen LogP contribution in [0.4, 0.5) is 24.5 Å². The summed E-state index contributed by atoms with van der Waals surface area (Å²) in [6, 6.07) is 7.78. The molecule has 0 spiro atoms. The van der Waals surface area contributed by atoms with Gasteiger partial charge >= 0.3 is 6.18 Å². The van der Waals surface area contributed by atoms with E-state index in [1.165, 1.54) is 37.3 Å². The summed E-state index contributed by atoms with van der Waals surface area (Å²) in [5.74, 6) is -0.788. The Bertz CT molecular complexity index is 1060. The summed E-state index contributed by atoms with van der Waals surface area (Å²) in [7, 11) is -4.01. The van der Waals surface area contributed by atoms with Gasteiger partial charge in [0.05, 0.1) is 22.4 Å². The van der Waals surface area contributed by atoms with Crippen molar-refractivity contribution < 1.29 is 31.3 Å². The second kappa shape index (κ2) is 8.69. The zero-order chi connectivity index (χ0) is 22.7. The number of non-ortho nitro benzene ring substituents is 1. The zero-order valence-corrected chi connectivity index (χ0v) is 16.7. The number of nitro groups is 1. The van der Waals surface area contributed by atoms with Gasteiger partial charge in [0.25, 0.3) is 5.69 Å². The SMILES string of the molecule is C[C@H](C(=O)NCc1cccc(C(F)(F)F)c1)N(c1cccc([N+](=O)[O-])c1)S(C)(=O)=O. The molecule has 0 aliphatic heterocycles. The third-order valence-electron chi connectivity index (χ3n) is 4.10. The van der Waals surface area contributed by atoms with Crippen LogP contribution >= 0.6 is 0 Å². The first kappa shape index (κ1) is 23.1. The maximum absolute atomic E-state index is 12.8. The van der Waals surface area contributed by atoms with Crippen molar-refractivity contribution in [3.8, 4) is 0 Å². The van der Waals surface area contributed by atoms with E-state index in [0.29, 0.717) is 4.31 Å². The Hall–Kier alpha value is -3.15. The first-order valence-corrected chi connectivity index (χ1v) is 10.3. The summed E-state index contributed by atoms with van der Waals surface area (Å²) in [4.78, 5) is 22.8. The number of halogens is 3. The van der Waals surface area contributed by atoms with E-state index in [-0.39, 0.29) is 23.5 Å². The predicted octanol–water partition coefficient (Wildman–Crippen LogP) is 3.08. The highest BCUT2D eigenvalue weighted by atomic mass is 32.2. The van der Waals surface area contributed by atoms with Crippen LogP contribution < -0.4 is 9.62 Å². The lowest BCUT2D eigenvalue weighted by Gasteiger charge is -2.28. The van der Waals surface area contributed by atoms with E-state index >= 15 is 0 Å². The number of benzene rings is 2. The molecule has 2 aromatic rings. The van der Waals surface area contributed by atoms with Crippen molar-refractivity contribution in [3.63, 3.8) is 0 Å². The molecule has 0 bridgehead atoms. The highest BCUT2D eigenvalue weighted by Crippen LogP contribution is 2.29. The van der Waals surface area contributed by atoms with Gasteiger partial charge in [0, 0.05) is 18.7 Å². The summed E-state index contributed by atoms with van der Waals surface area (Å²) in [5, 5.41) is 13.4. The number of hydrogen-bond donors (Lipinski definition) is 1. The van der Waals surface area contributed by atoms with Crippen LogP contribution in [0.25, 0.3) is 0 Å². The number of carbonyl (C=O) groups is 1. The van der Waals surface area contributed by atoms with Crippen LogP contribution in [0.15, 0.2) is 48.5 Å². The van der Waals surface area contributed by atoms with E-state index in [1.54, 1.807) is 0 Å². The molecule has 162 valence electrons. The number of sulfonamides is 1. The van der Waals surface area contributed by atoms with E-state index in [0.717, 1.165) is 24.5 Å². The molecule has 0 saturated carbocycles. The fourth-order valence-electron chi connectivity index (χ4n) is 2.75. The third-order valence-corrected chi connectivity index (χ3v) is 5.35. The van der Waals surface area contributed by atoms with Crippen molar-refractivity contribution in [2.75, 3.05) is 10.6 Å². The molecule has 0 radical (unpaired) electrons. The molecule has 1 amide bonds. The number of nitrogens with zero attached hydrogens (tertiary/aromatic N) is 2. The molecule has 0 aliphatic carbocycles. The van der Waals surface area contributed by atoms with Crippen molar-refractivity contribution in [1.82, 2.24) is 5.32 Å². The smallest absolute Gasteiger partial charge is 0.350 e. The Morgan fingerprint density at radius 2 is 1.83 bits per heavy atom. The fraction of sp³-hybridized carbons (Fsp3) is 0.278. The third kappa shape index (κ3) is 5.69. The highest BCUT2D eigenvalue weighted by Gasteiger charge is 2.31. The van der Waals surface area contributed by atoms with Gasteiger partial charge in [-0.15, -0.1) is 0 Å². The molecule has 8 nitrogen and oxygen atoms in total. The lowest BCUT2D eigenvalue weighted by Crippen LogP contribution is -2.47. The second-order valence-electron chi connectivity index (χ2n) is 6.43. The molecule has 0 aromatic heterocycles. The van der Waals surface area contributed by atoms with Gasteiger partial charge in [0.2, 0.25) is 15.9 Å². The van der Waals surface area contributed by atoms with E-state index in [1.807, 2.05) is 0 Å². The minimum atomic E-state index is -4.54. The number of anilines is 1. The van der Waals surface area contributed by atoms with Crippen LogP contribution in [0, 0.1) is 10.1 Å². The van der Waals surface area contributed by atoms with Crippen LogP contribution in [0.5, 0.6) is 0 Å². The maximum atomic E-state index is 12.8. The fourth-order valence-corrected chi connectivity index (χ4v) is 3.91. The monoisotopic (exact) mass is 445 g/mol. The van der Waals surface area contributed by atoms with Crippen LogP contribution in [0.3, 0.4) is 0 Å². The van der Waals surface area contributed by atoms with Gasteiger partial charge in [-0.1, -0.05) is 18.2 Å². The van der Waals surface area contributed by atoms with Gasteiger partial charge in [-0.2, -0.15) is 13.2 Å². The van der Waals surface area contributed by atoms with Crippen LogP contribution in [-0.4, -0.2) is 31.5 Å². The molecule has 0 unspecified atom stereocenters. The van der Waals surface area contributed by atoms with Crippen molar-refractivity contribution in [2.45, 2.75) is 25.7 Å². The first-order chi connectivity index (χ1) is 13.8. The van der Waals surface area contributed by atoms with E-state index < -0.39 is 38.6 Å². The van der Waals surface area contributed by atoms with Crippen molar-refractivity contribution in [2.24, 2.45) is 0 Å². The number of hydrogen-bond acceptors (Lipinski definition) is 5. The normalized spacial score (nSPS) is 12.8. The molecule has 0 aliphatic rings. The Morgan fingerprint density at radius 3 is 2.40 bits per heavy atom. The zero-order valence-electron chi connectivity index (χ0n) is 15.9. The second-order valence-corrected chi connectivity index (χ2v) is 8.29. The molecule has 0 saturated heterocycles. The quantitative estimate of drug-likeness (QED) is 0.520.